The molecule has 2 aromatic heterocycles. The van der Waals surface area contributed by atoms with Crippen LogP contribution < -0.4 is 5.56 Å². The number of nitrogens with one attached hydrogen (secondary N) is 1. The molecule has 1 aliphatic rings. The van der Waals surface area contributed by atoms with E-state index in [-0.39, 0.29) is 28.4 Å². The predicted molar refractivity (Wildman–Crippen MR) is 132 cm³/mol. The van der Waals surface area contributed by atoms with Gasteiger partial charge in [0.15, 0.2) is 25.3 Å². The molecule has 0 saturated carbocycles. The quantitative estimate of drug-likeness (QED) is 0.332. The number of carbonyl (C=O) groups is 1. The average Bonchev–Trinajstić information content (AvgIpc) is 3.37. The van der Waals surface area contributed by atoms with Gasteiger partial charge in [0, 0.05) is 12.0 Å². The van der Waals surface area contributed by atoms with Gasteiger partial charge in [0.05, 0.1) is 25.6 Å². The molecule has 0 spiro atoms. The van der Waals surface area contributed by atoms with E-state index in [2.05, 4.69) is 48.8 Å². The number of carbonyl (C=O) groups excluding carboxylic acids is 1. The van der Waals surface area contributed by atoms with Gasteiger partial charge in [-0.15, -0.1) is 0 Å². The molecule has 1 fully saturated rings. The topological polar surface area (TPSA) is 140 Å². The Morgan fingerprint density at radius 2 is 1.91 bits per heavy atom. The standard InChI is InChI=1S/C24H32N4O6Si/c1-23(2,3)35(4,5)34-16-11-17(33-24(16,12-29)13-30)28-20-18(22(32)26-14-25-20)27-21(28)19(31)15-9-7-6-8-10-15/h6-10,14,16-17,29-30H,11-13H2,1-5H3,(H,25,26,32)/t16-,17-/m0/s1. The number of hydrogen-bond acceptors (Lipinski definition) is 8. The highest BCUT2D eigenvalue weighted by Gasteiger charge is 2.54. The summed E-state index contributed by atoms with van der Waals surface area (Å²) in [7, 11) is -2.32. The van der Waals surface area contributed by atoms with Gasteiger partial charge in [-0.2, -0.15) is 0 Å². The number of fused-ring (bicyclic) bond motifs is 1. The van der Waals surface area contributed by atoms with E-state index in [1.165, 1.54) is 10.9 Å². The van der Waals surface area contributed by atoms with Crippen LogP contribution in [0.25, 0.3) is 11.2 Å². The van der Waals surface area contributed by atoms with Crippen LogP contribution in [-0.2, 0) is 9.16 Å². The molecule has 3 heterocycles. The summed E-state index contributed by atoms with van der Waals surface area (Å²) in [6, 6.07) is 8.60. The summed E-state index contributed by atoms with van der Waals surface area (Å²) in [6.07, 6.45) is -0.0415. The maximum Gasteiger partial charge on any atom is 0.278 e. The van der Waals surface area contributed by atoms with E-state index >= 15 is 0 Å². The minimum atomic E-state index is -2.32. The number of aliphatic hydroxyl groups excluding tert-OH is 2. The molecule has 10 nitrogen and oxygen atoms in total. The summed E-state index contributed by atoms with van der Waals surface area (Å²) >= 11 is 0. The Morgan fingerprint density at radius 3 is 2.51 bits per heavy atom. The highest BCUT2D eigenvalue weighted by Crippen LogP contribution is 2.45. The highest BCUT2D eigenvalue weighted by molar-refractivity contribution is 6.74. The number of benzene rings is 1. The van der Waals surface area contributed by atoms with Gasteiger partial charge in [-0.3, -0.25) is 14.2 Å². The van der Waals surface area contributed by atoms with Gasteiger partial charge in [-0.1, -0.05) is 51.1 Å². The van der Waals surface area contributed by atoms with Crippen LogP contribution in [-0.4, -0.2) is 68.8 Å². The van der Waals surface area contributed by atoms with Crippen LogP contribution in [0.15, 0.2) is 41.5 Å². The molecule has 11 heteroatoms. The second kappa shape index (κ2) is 9.06. The molecule has 0 unspecified atom stereocenters. The van der Waals surface area contributed by atoms with E-state index in [0.29, 0.717) is 5.56 Å². The van der Waals surface area contributed by atoms with Crippen LogP contribution in [0.5, 0.6) is 0 Å². The molecule has 35 heavy (non-hydrogen) atoms. The van der Waals surface area contributed by atoms with Crippen LogP contribution in [0.3, 0.4) is 0 Å². The second-order valence-electron chi connectivity index (χ2n) is 10.5. The van der Waals surface area contributed by atoms with E-state index < -0.39 is 50.8 Å². The number of rotatable bonds is 7. The van der Waals surface area contributed by atoms with E-state index in [9.17, 15) is 19.8 Å². The van der Waals surface area contributed by atoms with Crippen LogP contribution in [0.1, 0.15) is 49.6 Å². The van der Waals surface area contributed by atoms with Crippen molar-refractivity contribution in [3.05, 3.63) is 58.4 Å². The number of H-pyrrole nitrogens is 1. The normalized spacial score (nSPS) is 20.4. The van der Waals surface area contributed by atoms with Gasteiger partial charge in [-0.25, -0.2) is 9.97 Å². The lowest BCUT2D eigenvalue weighted by Crippen LogP contribution is -2.54. The smallest absolute Gasteiger partial charge is 0.278 e. The molecule has 0 amide bonds. The number of aromatic nitrogens is 4. The molecule has 3 N–H and O–H groups in total. The lowest BCUT2D eigenvalue weighted by Gasteiger charge is -2.42. The van der Waals surface area contributed by atoms with E-state index in [4.69, 9.17) is 9.16 Å². The summed E-state index contributed by atoms with van der Waals surface area (Å²) < 4.78 is 14.3. The molecule has 4 rings (SSSR count). The first kappa shape index (κ1) is 25.4. The van der Waals surface area contributed by atoms with Crippen LogP contribution in [0.4, 0.5) is 0 Å². The molecule has 188 valence electrons. The monoisotopic (exact) mass is 500 g/mol. The van der Waals surface area contributed by atoms with E-state index in [1.807, 2.05) is 0 Å². The first-order chi connectivity index (χ1) is 16.4. The molecule has 1 aliphatic heterocycles. The number of ketones is 1. The summed E-state index contributed by atoms with van der Waals surface area (Å²) in [5.74, 6) is -0.419. The number of ether oxygens (including phenoxy) is 1. The zero-order valence-electron chi connectivity index (χ0n) is 20.6. The molecule has 2 atom stereocenters. The van der Waals surface area contributed by atoms with Crippen LogP contribution >= 0.6 is 0 Å². The van der Waals surface area contributed by atoms with E-state index in [0.717, 1.165) is 0 Å². The molecule has 1 saturated heterocycles. The number of nitrogens with zero attached hydrogens (tertiary/aromatic N) is 3. The Bertz CT molecular complexity index is 1280. The van der Waals surface area contributed by atoms with Crippen LogP contribution in [0, 0.1) is 0 Å². The first-order valence-corrected chi connectivity index (χ1v) is 14.5. The van der Waals surface area contributed by atoms with Crippen molar-refractivity contribution in [1.82, 2.24) is 19.5 Å². The Morgan fingerprint density at radius 1 is 1.26 bits per heavy atom. The van der Waals surface area contributed by atoms with Gasteiger partial charge in [0.1, 0.15) is 11.8 Å². The van der Waals surface area contributed by atoms with Crippen molar-refractivity contribution in [1.29, 1.82) is 0 Å². The lowest BCUT2D eigenvalue weighted by atomic mass is 9.99. The molecule has 0 aliphatic carbocycles. The fourth-order valence-electron chi connectivity index (χ4n) is 4.04. The number of hydrogen-bond donors (Lipinski definition) is 3. The zero-order chi connectivity index (χ0) is 25.6. The Labute approximate surface area is 204 Å². The van der Waals surface area contributed by atoms with Gasteiger partial charge < -0.3 is 24.4 Å². The first-order valence-electron chi connectivity index (χ1n) is 11.6. The minimum Gasteiger partial charge on any atom is -0.411 e. The maximum absolute atomic E-state index is 13.4. The van der Waals surface area contributed by atoms with Gasteiger partial charge >= 0.3 is 0 Å². The van der Waals surface area contributed by atoms with Crippen molar-refractivity contribution in [3.8, 4) is 0 Å². The largest absolute Gasteiger partial charge is 0.411 e. The highest BCUT2D eigenvalue weighted by atomic mass is 28.4. The molecule has 0 radical (unpaired) electrons. The molecular weight excluding hydrogens is 468 g/mol. The van der Waals surface area contributed by atoms with E-state index in [1.54, 1.807) is 30.3 Å². The second-order valence-corrected chi connectivity index (χ2v) is 15.2. The molecule has 3 aromatic rings. The van der Waals surface area contributed by atoms with Gasteiger partial charge in [-0.05, 0) is 18.1 Å². The summed E-state index contributed by atoms with van der Waals surface area (Å²) in [5.41, 5.74) is -1.31. The summed E-state index contributed by atoms with van der Waals surface area (Å²) in [4.78, 5) is 37.0. The maximum atomic E-state index is 13.4. The number of aromatic amines is 1. The SMILES string of the molecule is CC(C)(C)[Si](C)(C)O[C@H]1C[C@@H](n2c(C(=O)c3ccccc3)nc3c(=O)[nH]cnc32)OC1(CO)CO. The third kappa shape index (κ3) is 4.38. The molecular formula is C24H32N4O6Si. The predicted octanol–water partition coefficient (Wildman–Crippen LogP) is 2.38. The van der Waals surface area contributed by atoms with Crippen molar-refractivity contribution < 1.29 is 24.2 Å². The van der Waals surface area contributed by atoms with Gasteiger partial charge in [0.2, 0.25) is 5.78 Å². The van der Waals surface area contributed by atoms with Gasteiger partial charge in [0.25, 0.3) is 5.56 Å². The lowest BCUT2D eigenvalue weighted by molar-refractivity contribution is -0.146. The van der Waals surface area contributed by atoms with Crippen molar-refractivity contribution in [3.63, 3.8) is 0 Å². The third-order valence-corrected chi connectivity index (χ3v) is 11.6. The zero-order valence-corrected chi connectivity index (χ0v) is 21.6. The van der Waals surface area contributed by atoms with Crippen molar-refractivity contribution >= 4 is 25.3 Å². The third-order valence-electron chi connectivity index (χ3n) is 7.16. The number of aliphatic hydroxyl groups is 2. The van der Waals surface area contributed by atoms with Crippen molar-refractivity contribution in [2.75, 3.05) is 13.2 Å². The Kier molecular flexibility index (Phi) is 6.58. The minimum absolute atomic E-state index is 0.00254. The average molecular weight is 501 g/mol. The molecule has 1 aromatic carbocycles. The van der Waals surface area contributed by atoms with Crippen molar-refractivity contribution in [2.45, 2.75) is 63.3 Å². The fourth-order valence-corrected chi connectivity index (χ4v) is 5.41. The van der Waals surface area contributed by atoms with Crippen molar-refractivity contribution in [2.24, 2.45) is 0 Å². The molecule has 0 bridgehead atoms. The summed E-state index contributed by atoms with van der Waals surface area (Å²) in [5, 5.41) is 20.5. The fraction of sp³-hybridized carbons (Fsp3) is 0.500. The number of imidazole rings is 1. The Balaban J connectivity index is 1.83. The Hall–Kier alpha value is -2.70. The van der Waals surface area contributed by atoms with Crippen LogP contribution in [0.2, 0.25) is 18.1 Å². The summed E-state index contributed by atoms with van der Waals surface area (Å²) in [6.45, 7) is 9.49.